The quantitative estimate of drug-likeness (QED) is 0.0574. The van der Waals surface area contributed by atoms with Crippen molar-refractivity contribution in [1.29, 1.82) is 0 Å². The number of rotatable bonds is 16. The molecule has 0 spiro atoms. The van der Waals surface area contributed by atoms with Crippen LogP contribution in [-0.4, -0.2) is 75.8 Å². The minimum absolute atomic E-state index is 0.0590. The number of hydrogen-bond acceptors (Lipinski definition) is 10. The van der Waals surface area contributed by atoms with E-state index in [1.807, 2.05) is 73.7 Å². The molecule has 1 aromatic heterocycles. The summed E-state index contributed by atoms with van der Waals surface area (Å²) in [7, 11) is -1.19. The lowest BCUT2D eigenvalue weighted by atomic mass is 9.94. The molecule has 5 aromatic rings. The van der Waals surface area contributed by atoms with Crippen molar-refractivity contribution in [2.45, 2.75) is 101 Å². The van der Waals surface area contributed by atoms with Gasteiger partial charge in [-0.15, -0.1) is 23.2 Å². The van der Waals surface area contributed by atoms with Crippen molar-refractivity contribution in [3.8, 4) is 5.75 Å². The van der Waals surface area contributed by atoms with Gasteiger partial charge in [-0.05, 0) is 98.9 Å². The van der Waals surface area contributed by atoms with Crippen LogP contribution in [0.5, 0.6) is 5.75 Å². The highest BCUT2D eigenvalue weighted by Crippen LogP contribution is 2.58. The molecule has 3 atom stereocenters. The molecule has 0 saturated carbocycles. The van der Waals surface area contributed by atoms with Gasteiger partial charge in [-0.25, -0.2) is 14.3 Å². The Labute approximate surface area is 398 Å². The average Bonchev–Trinajstić information content (AvgIpc) is 3.82. The minimum atomic E-state index is -4.21. The number of nitrogens with zero attached hydrogens (tertiary/aromatic N) is 4. The van der Waals surface area contributed by atoms with Gasteiger partial charge in [-0.3, -0.25) is 23.5 Å². The summed E-state index contributed by atoms with van der Waals surface area (Å²) < 4.78 is 32.5. The highest BCUT2D eigenvalue weighted by Gasteiger charge is 2.41. The first-order chi connectivity index (χ1) is 30.8. The number of hydrogen-bond donors (Lipinski definition) is 1. The van der Waals surface area contributed by atoms with Gasteiger partial charge in [0.05, 0.1) is 22.6 Å². The summed E-state index contributed by atoms with van der Waals surface area (Å²) in [4.78, 5) is 50.6. The van der Waals surface area contributed by atoms with Gasteiger partial charge in [-0.1, -0.05) is 72.3 Å². The summed E-state index contributed by atoms with van der Waals surface area (Å²) in [5.41, 5.74) is 1.73. The van der Waals surface area contributed by atoms with Crippen LogP contribution in [0.25, 0.3) is 21.5 Å². The van der Waals surface area contributed by atoms with Crippen molar-refractivity contribution < 1.29 is 37.6 Å². The van der Waals surface area contributed by atoms with E-state index in [1.54, 1.807) is 69.7 Å². The summed E-state index contributed by atoms with van der Waals surface area (Å²) in [6, 6.07) is 24.4. The van der Waals surface area contributed by atoms with E-state index in [1.165, 1.54) is 26.5 Å². The molecule has 0 fully saturated rings. The number of carbonyl (C=O) groups excluding carboxylic acids is 2. The van der Waals surface area contributed by atoms with Crippen molar-refractivity contribution in [1.82, 2.24) is 4.98 Å². The highest BCUT2D eigenvalue weighted by molar-refractivity contribution is 8.76. The van der Waals surface area contributed by atoms with Crippen LogP contribution in [0.1, 0.15) is 90.7 Å². The van der Waals surface area contributed by atoms with Crippen molar-refractivity contribution in [2.24, 2.45) is 0 Å². The summed E-state index contributed by atoms with van der Waals surface area (Å²) in [5, 5.41) is 14.4. The monoisotopic (exact) mass is 980 g/mol. The Kier molecular flexibility index (Phi) is 15.1. The zero-order chi connectivity index (χ0) is 46.8. The van der Waals surface area contributed by atoms with Crippen LogP contribution in [0.2, 0.25) is 0 Å². The topological polar surface area (TPSA) is 139 Å². The Bertz CT molecular complexity index is 2610. The molecular weight excluding hydrogens is 927 g/mol. The third-order valence-electron chi connectivity index (χ3n) is 10.9. The Morgan fingerprint density at radius 1 is 0.800 bits per heavy atom. The second kappa shape index (κ2) is 20.1. The molecule has 12 nitrogen and oxygen atoms in total. The first kappa shape index (κ1) is 48.9. The lowest BCUT2D eigenvalue weighted by molar-refractivity contribution is -0.119. The molecule has 1 unspecified atom stereocenters. The maximum atomic E-state index is 14.3. The molecule has 0 bridgehead atoms. The molecule has 0 radical (unpaired) electrons. The number of anilines is 3. The fraction of sp³-hybridized carbons (Fsp3) is 0.417. The molecule has 2 aliphatic rings. The molecule has 1 N–H and O–H groups in total. The van der Waals surface area contributed by atoms with Crippen molar-refractivity contribution >= 4 is 109 Å². The van der Waals surface area contributed by atoms with E-state index in [2.05, 4.69) is 4.98 Å². The van der Waals surface area contributed by atoms with Gasteiger partial charge in [0.2, 0.25) is 11.8 Å². The number of pyridine rings is 1. The zero-order valence-electron chi connectivity index (χ0n) is 37.6. The van der Waals surface area contributed by atoms with E-state index >= 15 is 0 Å². The fourth-order valence-corrected chi connectivity index (χ4v) is 12.8. The first-order valence-corrected chi connectivity index (χ1v) is 26.3. The van der Waals surface area contributed by atoms with Crippen LogP contribution in [0, 0.1) is 0 Å². The number of aromatic nitrogens is 1. The predicted molar refractivity (Wildman–Crippen MR) is 266 cm³/mol. The van der Waals surface area contributed by atoms with E-state index in [-0.39, 0.29) is 72.2 Å². The smallest absolute Gasteiger partial charge is 0.465 e. The van der Waals surface area contributed by atoms with E-state index in [0.717, 1.165) is 32.3 Å². The van der Waals surface area contributed by atoms with Gasteiger partial charge < -0.3 is 19.4 Å². The number of carbonyl (C=O) groups is 3. The largest absolute Gasteiger partial charge is 0.531 e. The SMILES string of the molecule is CC(CN(C(=O)O)c1cc2c(c3ccccc13)[C@H](CCl)CN2C(=O)CCCC(=O)N1C[C@@H](CCl)c2c1cc(OP(=O)(OC(C)(C)C)OC(C)(C)C)c1ccccc21)SSc1ccccn1. The maximum Gasteiger partial charge on any atom is 0.531 e. The molecule has 2 aliphatic heterocycles. The van der Waals surface area contributed by atoms with Crippen LogP contribution in [0.4, 0.5) is 21.9 Å². The molecule has 17 heteroatoms. The predicted octanol–water partition coefficient (Wildman–Crippen LogP) is 13.0. The first-order valence-electron chi connectivity index (χ1n) is 21.6. The summed E-state index contributed by atoms with van der Waals surface area (Å²) in [6.45, 7) is 13.4. The van der Waals surface area contributed by atoms with Gasteiger partial charge >= 0.3 is 13.9 Å². The van der Waals surface area contributed by atoms with E-state index in [9.17, 15) is 24.1 Å². The number of fused-ring (bicyclic) bond motifs is 6. The van der Waals surface area contributed by atoms with Crippen LogP contribution < -0.4 is 19.2 Å². The van der Waals surface area contributed by atoms with Crippen LogP contribution in [0.3, 0.4) is 0 Å². The van der Waals surface area contributed by atoms with Crippen LogP contribution >= 0.6 is 52.6 Å². The van der Waals surface area contributed by atoms with Crippen LogP contribution in [-0.2, 0) is 23.2 Å². The van der Waals surface area contributed by atoms with Gasteiger partial charge in [-0.2, -0.15) is 0 Å². The summed E-state index contributed by atoms with van der Waals surface area (Å²) >= 11 is 13.2. The molecule has 3 heterocycles. The second-order valence-corrected chi connectivity index (χ2v) is 23.0. The standard InChI is InChI=1S/C48H55Cl2N4O8PS2/c1-30(64-65-41-19-12-13-22-51-41)27-54(46(57)58)37-23-38-44(35-17-10-8-15-33(35)37)31(25-49)28-52(38)42(55)20-14-21-43(56)53-29-32(26-50)45-36-18-11-9-16-34(36)40(24-39(45)53)60-63(59,61-47(2,3)4)62-48(5,6)7/h8-13,15-19,22-24,30-32H,14,20-21,25-29H2,1-7H3,(H,57,58)/t30?,31-,32-/m1/s1. The third kappa shape index (κ3) is 11.2. The van der Waals surface area contributed by atoms with Crippen LogP contribution in [0.15, 0.2) is 90.1 Å². The minimum Gasteiger partial charge on any atom is -0.465 e. The van der Waals surface area contributed by atoms with E-state index in [4.69, 9.17) is 36.8 Å². The number of phosphoric ester groups is 1. The Morgan fingerprint density at radius 3 is 1.82 bits per heavy atom. The average molecular weight is 982 g/mol. The summed E-state index contributed by atoms with van der Waals surface area (Å²) in [6.07, 6.45) is 0.990. The Hall–Kier alpha value is -4.01. The molecule has 346 valence electrons. The molecule has 3 amide bonds. The van der Waals surface area contributed by atoms with Crippen molar-refractivity contribution in [3.63, 3.8) is 0 Å². The third-order valence-corrected chi connectivity index (χ3v) is 16.4. The lowest BCUT2D eigenvalue weighted by Gasteiger charge is -2.31. The molecule has 0 saturated heterocycles. The number of benzene rings is 4. The van der Waals surface area contributed by atoms with Gasteiger partial charge in [0.15, 0.2) is 0 Å². The number of amides is 3. The zero-order valence-corrected chi connectivity index (χ0v) is 41.6. The Balaban J connectivity index is 1.12. The number of halogens is 2. The summed E-state index contributed by atoms with van der Waals surface area (Å²) in [5.74, 6) is -0.0122. The van der Waals surface area contributed by atoms with Gasteiger partial charge in [0, 0.05) is 90.0 Å². The van der Waals surface area contributed by atoms with Crippen molar-refractivity contribution in [2.75, 3.05) is 46.1 Å². The molecule has 0 aliphatic carbocycles. The number of carboxylic acid groups (broad SMARTS) is 1. The molecule has 65 heavy (non-hydrogen) atoms. The number of phosphoric acid groups is 1. The maximum absolute atomic E-state index is 14.3. The lowest BCUT2D eigenvalue weighted by Crippen LogP contribution is -2.35. The molecule has 4 aromatic carbocycles. The van der Waals surface area contributed by atoms with E-state index in [0.29, 0.717) is 35.5 Å². The number of alkyl halides is 2. The normalized spacial score (nSPS) is 16.8. The van der Waals surface area contributed by atoms with Gasteiger partial charge in [0.25, 0.3) is 0 Å². The molecule has 7 rings (SSSR count). The fourth-order valence-electron chi connectivity index (χ4n) is 8.47. The Morgan fingerprint density at radius 2 is 1.31 bits per heavy atom. The molecular formula is C48H55Cl2N4O8PS2. The second-order valence-electron chi connectivity index (χ2n) is 18.3. The van der Waals surface area contributed by atoms with Gasteiger partial charge in [0.1, 0.15) is 10.8 Å². The highest BCUT2D eigenvalue weighted by atomic mass is 35.5. The van der Waals surface area contributed by atoms with Crippen molar-refractivity contribution in [3.05, 3.63) is 96.2 Å². The van der Waals surface area contributed by atoms with E-state index < -0.39 is 25.1 Å².